The van der Waals surface area contributed by atoms with Crippen LogP contribution in [0.25, 0.3) is 5.69 Å². The van der Waals surface area contributed by atoms with Crippen LogP contribution in [0, 0.1) is 0 Å². The third-order valence-corrected chi connectivity index (χ3v) is 3.25. The van der Waals surface area contributed by atoms with Crippen LogP contribution in [-0.4, -0.2) is 38.9 Å². The van der Waals surface area contributed by atoms with Crippen molar-refractivity contribution in [2.45, 2.75) is 39.3 Å². The maximum absolute atomic E-state index is 11.9. The molecule has 0 unspecified atom stereocenters. The summed E-state index contributed by atoms with van der Waals surface area (Å²) in [5.41, 5.74) is 1.22. The second-order valence-electron chi connectivity index (χ2n) is 6.58. The molecule has 0 saturated carbocycles. The Balaban J connectivity index is 1.83. The van der Waals surface area contributed by atoms with Crippen LogP contribution in [0.1, 0.15) is 39.3 Å². The maximum atomic E-state index is 11.9. The monoisotopic (exact) mass is 345 g/mol. The SMILES string of the molecule is C[C@H](NC(=O)CNC(=O)OC(C)(C)C)c1ccc(-n2cncn2)cc1. The Kier molecular flexibility index (Phi) is 5.74. The van der Waals surface area contributed by atoms with Crippen molar-refractivity contribution in [2.75, 3.05) is 6.54 Å². The molecule has 25 heavy (non-hydrogen) atoms. The van der Waals surface area contributed by atoms with Crippen LogP contribution in [0.2, 0.25) is 0 Å². The molecule has 2 N–H and O–H groups in total. The molecule has 0 fully saturated rings. The van der Waals surface area contributed by atoms with E-state index in [1.807, 2.05) is 31.2 Å². The average molecular weight is 345 g/mol. The first kappa shape index (κ1) is 18.4. The zero-order valence-corrected chi connectivity index (χ0v) is 14.8. The largest absolute Gasteiger partial charge is 0.444 e. The molecule has 2 amide bonds. The van der Waals surface area contributed by atoms with Gasteiger partial charge in [0, 0.05) is 0 Å². The number of aromatic nitrogens is 3. The van der Waals surface area contributed by atoms with Crippen molar-refractivity contribution in [3.8, 4) is 5.69 Å². The zero-order chi connectivity index (χ0) is 18.4. The van der Waals surface area contributed by atoms with Gasteiger partial charge in [-0.2, -0.15) is 5.10 Å². The number of ether oxygens (including phenoxy) is 1. The summed E-state index contributed by atoms with van der Waals surface area (Å²) in [7, 11) is 0. The van der Waals surface area contributed by atoms with E-state index in [9.17, 15) is 9.59 Å². The highest BCUT2D eigenvalue weighted by atomic mass is 16.6. The Morgan fingerprint density at radius 2 is 1.92 bits per heavy atom. The summed E-state index contributed by atoms with van der Waals surface area (Å²) < 4.78 is 6.73. The number of amides is 2. The quantitative estimate of drug-likeness (QED) is 0.863. The van der Waals surface area contributed by atoms with E-state index >= 15 is 0 Å². The Hall–Kier alpha value is -2.90. The number of nitrogens with one attached hydrogen (secondary N) is 2. The van der Waals surface area contributed by atoms with Gasteiger partial charge in [0.1, 0.15) is 24.8 Å². The molecule has 0 saturated heterocycles. The van der Waals surface area contributed by atoms with Gasteiger partial charge < -0.3 is 15.4 Å². The highest BCUT2D eigenvalue weighted by Crippen LogP contribution is 2.15. The summed E-state index contributed by atoms with van der Waals surface area (Å²) in [6.07, 6.45) is 2.46. The molecule has 0 spiro atoms. The average Bonchev–Trinajstić information content (AvgIpc) is 3.06. The van der Waals surface area contributed by atoms with E-state index in [4.69, 9.17) is 4.74 Å². The lowest BCUT2D eigenvalue weighted by molar-refractivity contribution is -0.120. The van der Waals surface area contributed by atoms with Gasteiger partial charge in [0.05, 0.1) is 11.7 Å². The van der Waals surface area contributed by atoms with Crippen LogP contribution in [0.15, 0.2) is 36.9 Å². The topological polar surface area (TPSA) is 98.1 Å². The summed E-state index contributed by atoms with van der Waals surface area (Å²) in [4.78, 5) is 27.4. The molecule has 1 atom stereocenters. The van der Waals surface area contributed by atoms with Crippen molar-refractivity contribution in [3.63, 3.8) is 0 Å². The van der Waals surface area contributed by atoms with E-state index in [1.54, 1.807) is 31.8 Å². The number of carbonyl (C=O) groups is 2. The first-order valence-electron chi connectivity index (χ1n) is 7.96. The van der Waals surface area contributed by atoms with Crippen LogP contribution in [0.4, 0.5) is 4.79 Å². The van der Waals surface area contributed by atoms with E-state index < -0.39 is 11.7 Å². The Morgan fingerprint density at radius 3 is 2.48 bits per heavy atom. The van der Waals surface area contributed by atoms with Crippen molar-refractivity contribution in [1.82, 2.24) is 25.4 Å². The molecular weight excluding hydrogens is 322 g/mol. The lowest BCUT2D eigenvalue weighted by Gasteiger charge is -2.20. The molecule has 1 aromatic carbocycles. The molecule has 8 nitrogen and oxygen atoms in total. The third-order valence-electron chi connectivity index (χ3n) is 3.25. The molecule has 8 heteroatoms. The number of benzene rings is 1. The zero-order valence-electron chi connectivity index (χ0n) is 14.8. The molecular formula is C17H23N5O3. The van der Waals surface area contributed by atoms with Crippen molar-refractivity contribution in [3.05, 3.63) is 42.5 Å². The summed E-state index contributed by atoms with van der Waals surface area (Å²) in [5.74, 6) is -0.293. The molecule has 1 aromatic heterocycles. The van der Waals surface area contributed by atoms with Crippen molar-refractivity contribution >= 4 is 12.0 Å². The van der Waals surface area contributed by atoms with Gasteiger partial charge in [-0.05, 0) is 45.4 Å². The number of rotatable bonds is 5. The van der Waals surface area contributed by atoms with Crippen LogP contribution >= 0.6 is 0 Å². The Bertz CT molecular complexity index is 705. The summed E-state index contributed by atoms with van der Waals surface area (Å²) in [5, 5.41) is 9.32. The van der Waals surface area contributed by atoms with Gasteiger partial charge in [-0.25, -0.2) is 14.5 Å². The lowest BCUT2D eigenvalue weighted by Crippen LogP contribution is -2.40. The number of carbonyl (C=O) groups excluding carboxylic acids is 2. The minimum Gasteiger partial charge on any atom is -0.444 e. The van der Waals surface area contributed by atoms with Crippen LogP contribution in [0.3, 0.4) is 0 Å². The van der Waals surface area contributed by atoms with E-state index in [1.165, 1.54) is 6.33 Å². The summed E-state index contributed by atoms with van der Waals surface area (Å²) in [6.45, 7) is 7.01. The third kappa shape index (κ3) is 5.91. The first-order chi connectivity index (χ1) is 11.7. The fraction of sp³-hybridized carbons (Fsp3) is 0.412. The fourth-order valence-corrected chi connectivity index (χ4v) is 2.10. The van der Waals surface area contributed by atoms with Crippen LogP contribution in [-0.2, 0) is 9.53 Å². The molecule has 0 aliphatic heterocycles. The van der Waals surface area contributed by atoms with Crippen molar-refractivity contribution in [2.24, 2.45) is 0 Å². The number of nitrogens with zero attached hydrogens (tertiary/aromatic N) is 3. The second kappa shape index (κ2) is 7.78. The molecule has 0 aliphatic carbocycles. The van der Waals surface area contributed by atoms with Crippen LogP contribution in [0.5, 0.6) is 0 Å². The van der Waals surface area contributed by atoms with E-state index in [-0.39, 0.29) is 18.5 Å². The fourth-order valence-electron chi connectivity index (χ4n) is 2.10. The molecule has 2 aromatic rings. The van der Waals surface area contributed by atoms with Crippen molar-refractivity contribution in [1.29, 1.82) is 0 Å². The minimum atomic E-state index is -0.618. The number of hydrogen-bond donors (Lipinski definition) is 2. The second-order valence-corrected chi connectivity index (χ2v) is 6.58. The standard InChI is InChI=1S/C17H23N5O3/c1-12(21-15(23)9-19-16(24)25-17(2,3)4)13-5-7-14(8-6-13)22-11-18-10-20-22/h5-8,10-12H,9H2,1-4H3,(H,19,24)(H,21,23)/t12-/m0/s1. The predicted octanol–water partition coefficient (Wildman–Crippen LogP) is 1.97. The van der Waals surface area contributed by atoms with E-state index in [2.05, 4.69) is 20.7 Å². The number of alkyl carbamates (subject to hydrolysis) is 1. The predicted molar refractivity (Wildman–Crippen MR) is 92.2 cm³/mol. The maximum Gasteiger partial charge on any atom is 0.408 e. The van der Waals surface area contributed by atoms with Gasteiger partial charge in [0.25, 0.3) is 0 Å². The van der Waals surface area contributed by atoms with Crippen LogP contribution < -0.4 is 10.6 Å². The summed E-state index contributed by atoms with van der Waals surface area (Å²) >= 11 is 0. The normalized spacial score (nSPS) is 12.3. The lowest BCUT2D eigenvalue weighted by atomic mass is 10.1. The molecule has 1 heterocycles. The van der Waals surface area contributed by atoms with Gasteiger partial charge in [-0.15, -0.1) is 0 Å². The molecule has 2 rings (SSSR count). The van der Waals surface area contributed by atoms with E-state index in [0.717, 1.165) is 11.3 Å². The van der Waals surface area contributed by atoms with E-state index in [0.29, 0.717) is 0 Å². The highest BCUT2D eigenvalue weighted by Gasteiger charge is 2.17. The van der Waals surface area contributed by atoms with Gasteiger partial charge >= 0.3 is 6.09 Å². The molecule has 0 radical (unpaired) electrons. The molecule has 134 valence electrons. The Morgan fingerprint density at radius 1 is 1.24 bits per heavy atom. The minimum absolute atomic E-state index is 0.143. The van der Waals surface area contributed by atoms with Gasteiger partial charge in [-0.3, -0.25) is 4.79 Å². The summed E-state index contributed by atoms with van der Waals surface area (Å²) in [6, 6.07) is 7.40. The molecule has 0 bridgehead atoms. The van der Waals surface area contributed by atoms with Gasteiger partial charge in [-0.1, -0.05) is 12.1 Å². The van der Waals surface area contributed by atoms with Gasteiger partial charge in [0.15, 0.2) is 0 Å². The smallest absolute Gasteiger partial charge is 0.408 e. The molecule has 0 aliphatic rings. The highest BCUT2D eigenvalue weighted by molar-refractivity contribution is 5.82. The van der Waals surface area contributed by atoms with Crippen molar-refractivity contribution < 1.29 is 14.3 Å². The Labute approximate surface area is 146 Å². The first-order valence-corrected chi connectivity index (χ1v) is 7.96. The number of hydrogen-bond acceptors (Lipinski definition) is 5. The van der Waals surface area contributed by atoms with Gasteiger partial charge in [0.2, 0.25) is 5.91 Å².